The summed E-state index contributed by atoms with van der Waals surface area (Å²) in [5, 5.41) is 12.7. The molecule has 0 aromatic heterocycles. The van der Waals surface area contributed by atoms with Crippen LogP contribution in [-0.4, -0.2) is 36.8 Å². The number of carbonyl (C=O) groups excluding carboxylic acids is 1. The topological polar surface area (TPSA) is 52.6 Å². The van der Waals surface area contributed by atoms with Crippen molar-refractivity contribution in [1.29, 1.82) is 0 Å². The first-order chi connectivity index (χ1) is 11.7. The summed E-state index contributed by atoms with van der Waals surface area (Å²) in [6.45, 7) is 1.88. The van der Waals surface area contributed by atoms with Gasteiger partial charge in [-0.25, -0.2) is 4.39 Å². The summed E-state index contributed by atoms with van der Waals surface area (Å²) < 4.78 is 14.4. The Morgan fingerprint density at radius 1 is 1.25 bits per heavy atom. The Labute approximate surface area is 142 Å². The predicted octanol–water partition coefficient (Wildman–Crippen LogP) is 2.56. The molecule has 5 heteroatoms. The van der Waals surface area contributed by atoms with Crippen LogP contribution in [0.5, 0.6) is 0 Å². The molecule has 4 nitrogen and oxygen atoms in total. The summed E-state index contributed by atoms with van der Waals surface area (Å²) in [4.78, 5) is 14.6. The Kier molecular flexibility index (Phi) is 4.21. The van der Waals surface area contributed by atoms with Gasteiger partial charge < -0.3 is 15.3 Å². The number of halogens is 1. The van der Waals surface area contributed by atoms with E-state index in [2.05, 4.69) is 5.32 Å². The number of hydrogen-bond acceptors (Lipinski definition) is 3. The van der Waals surface area contributed by atoms with E-state index in [0.717, 1.165) is 45.2 Å². The predicted molar refractivity (Wildman–Crippen MR) is 90.5 cm³/mol. The van der Waals surface area contributed by atoms with E-state index in [1.807, 2.05) is 4.90 Å². The Bertz CT molecular complexity index is 630. The van der Waals surface area contributed by atoms with Crippen LogP contribution in [0.25, 0.3) is 0 Å². The monoisotopic (exact) mass is 332 g/mol. The van der Waals surface area contributed by atoms with Crippen molar-refractivity contribution < 1.29 is 14.3 Å². The van der Waals surface area contributed by atoms with Gasteiger partial charge in [0.1, 0.15) is 5.82 Å². The van der Waals surface area contributed by atoms with Crippen LogP contribution in [0, 0.1) is 23.6 Å². The third-order valence-electron chi connectivity index (χ3n) is 6.25. The molecule has 4 unspecified atom stereocenters. The van der Waals surface area contributed by atoms with Crippen LogP contribution in [0.1, 0.15) is 42.5 Å². The summed E-state index contributed by atoms with van der Waals surface area (Å²) >= 11 is 0. The van der Waals surface area contributed by atoms with Gasteiger partial charge in [-0.1, -0.05) is 0 Å². The van der Waals surface area contributed by atoms with E-state index in [1.165, 1.54) is 6.07 Å². The molecular formula is C19H25FN2O2. The number of aliphatic hydroxyl groups is 1. The van der Waals surface area contributed by atoms with E-state index in [1.54, 1.807) is 12.1 Å². The van der Waals surface area contributed by atoms with Crippen molar-refractivity contribution >= 4 is 11.6 Å². The highest BCUT2D eigenvalue weighted by molar-refractivity contribution is 5.94. The molecule has 130 valence electrons. The molecule has 4 rings (SSSR count). The molecule has 2 bridgehead atoms. The number of nitrogens with one attached hydrogen (secondary N) is 1. The highest BCUT2D eigenvalue weighted by Gasteiger charge is 2.47. The van der Waals surface area contributed by atoms with Gasteiger partial charge in [0.15, 0.2) is 0 Å². The van der Waals surface area contributed by atoms with Crippen molar-refractivity contribution in [2.75, 3.05) is 24.6 Å². The standard InChI is InChI=1S/C19H25FN2O2/c20-16-10-14(5-6-17(16)22-7-1-2-8-22)19(24)21-18-13-4-3-12(9-13)15(18)11-23/h5-6,10,12-13,15,18,23H,1-4,7-9,11H2,(H,21,24). The van der Waals surface area contributed by atoms with Crippen LogP contribution in [0.3, 0.4) is 0 Å². The molecule has 1 aliphatic heterocycles. The molecular weight excluding hydrogens is 307 g/mol. The minimum Gasteiger partial charge on any atom is -0.396 e. The van der Waals surface area contributed by atoms with Crippen LogP contribution >= 0.6 is 0 Å². The second-order valence-corrected chi connectivity index (χ2v) is 7.54. The quantitative estimate of drug-likeness (QED) is 0.891. The molecule has 2 saturated carbocycles. The van der Waals surface area contributed by atoms with Crippen LogP contribution in [0.4, 0.5) is 10.1 Å². The van der Waals surface area contributed by atoms with Gasteiger partial charge in [-0.05, 0) is 62.1 Å². The Balaban J connectivity index is 1.47. The van der Waals surface area contributed by atoms with Crippen LogP contribution in [0.2, 0.25) is 0 Å². The number of carbonyl (C=O) groups is 1. The average Bonchev–Trinajstić information content (AvgIpc) is 3.31. The van der Waals surface area contributed by atoms with Crippen molar-refractivity contribution in [1.82, 2.24) is 5.32 Å². The van der Waals surface area contributed by atoms with Crippen molar-refractivity contribution in [3.63, 3.8) is 0 Å². The van der Waals surface area contributed by atoms with Gasteiger partial charge in [-0.15, -0.1) is 0 Å². The fourth-order valence-corrected chi connectivity index (χ4v) is 5.00. The van der Waals surface area contributed by atoms with E-state index in [0.29, 0.717) is 23.1 Å². The summed E-state index contributed by atoms with van der Waals surface area (Å²) in [5.41, 5.74) is 0.965. The number of nitrogens with zero attached hydrogens (tertiary/aromatic N) is 1. The van der Waals surface area contributed by atoms with E-state index in [9.17, 15) is 14.3 Å². The summed E-state index contributed by atoms with van der Waals surface area (Å²) in [5.74, 6) is 0.597. The molecule has 1 aromatic carbocycles. The molecule has 2 N–H and O–H groups in total. The largest absolute Gasteiger partial charge is 0.396 e. The molecule has 3 aliphatic rings. The second kappa shape index (κ2) is 6.36. The zero-order valence-corrected chi connectivity index (χ0v) is 13.9. The van der Waals surface area contributed by atoms with E-state index >= 15 is 0 Å². The Morgan fingerprint density at radius 3 is 2.71 bits per heavy atom. The molecule has 0 radical (unpaired) electrons. The van der Waals surface area contributed by atoms with Crippen LogP contribution in [-0.2, 0) is 0 Å². The Hall–Kier alpha value is -1.62. The molecule has 24 heavy (non-hydrogen) atoms. The maximum atomic E-state index is 14.4. The average molecular weight is 332 g/mol. The summed E-state index contributed by atoms with van der Waals surface area (Å²) in [6.07, 6.45) is 5.55. The number of hydrogen-bond donors (Lipinski definition) is 2. The third-order valence-corrected chi connectivity index (χ3v) is 6.25. The molecule has 1 heterocycles. The van der Waals surface area contributed by atoms with Gasteiger partial charge >= 0.3 is 0 Å². The normalized spacial score (nSPS) is 31.7. The number of amides is 1. The Morgan fingerprint density at radius 2 is 2.00 bits per heavy atom. The van der Waals surface area contributed by atoms with Gasteiger partial charge in [-0.2, -0.15) is 0 Å². The zero-order valence-electron chi connectivity index (χ0n) is 13.9. The van der Waals surface area contributed by atoms with Gasteiger partial charge in [0.25, 0.3) is 5.91 Å². The number of anilines is 1. The smallest absolute Gasteiger partial charge is 0.251 e. The zero-order chi connectivity index (χ0) is 16.7. The fraction of sp³-hybridized carbons (Fsp3) is 0.632. The lowest BCUT2D eigenvalue weighted by Crippen LogP contribution is -2.45. The molecule has 2 aliphatic carbocycles. The van der Waals surface area contributed by atoms with Gasteiger partial charge in [0, 0.05) is 37.2 Å². The van der Waals surface area contributed by atoms with Crippen molar-refractivity contribution in [2.45, 2.75) is 38.1 Å². The lowest BCUT2D eigenvalue weighted by Gasteiger charge is -2.30. The molecule has 0 spiro atoms. The molecule has 3 fully saturated rings. The van der Waals surface area contributed by atoms with Gasteiger partial charge in [-0.3, -0.25) is 4.79 Å². The van der Waals surface area contributed by atoms with E-state index in [-0.39, 0.29) is 30.3 Å². The molecule has 4 atom stereocenters. The highest BCUT2D eigenvalue weighted by atomic mass is 19.1. The first kappa shape index (κ1) is 15.9. The number of aliphatic hydroxyl groups excluding tert-OH is 1. The van der Waals surface area contributed by atoms with Crippen LogP contribution in [0.15, 0.2) is 18.2 Å². The van der Waals surface area contributed by atoms with Crippen molar-refractivity contribution in [2.24, 2.45) is 17.8 Å². The van der Waals surface area contributed by atoms with Gasteiger partial charge in [0.2, 0.25) is 0 Å². The summed E-state index contributed by atoms with van der Waals surface area (Å²) in [7, 11) is 0. The maximum absolute atomic E-state index is 14.4. The third kappa shape index (κ3) is 2.69. The SMILES string of the molecule is O=C(NC1C2CCC(C2)C1CO)c1ccc(N2CCCC2)c(F)c1. The lowest BCUT2D eigenvalue weighted by molar-refractivity contribution is 0.0861. The highest BCUT2D eigenvalue weighted by Crippen LogP contribution is 2.48. The molecule has 1 amide bonds. The van der Waals surface area contributed by atoms with Crippen molar-refractivity contribution in [3.05, 3.63) is 29.6 Å². The van der Waals surface area contributed by atoms with Crippen LogP contribution < -0.4 is 10.2 Å². The van der Waals surface area contributed by atoms with Crippen molar-refractivity contribution in [3.8, 4) is 0 Å². The summed E-state index contributed by atoms with van der Waals surface area (Å²) in [6, 6.07) is 4.82. The minimum absolute atomic E-state index is 0.0302. The maximum Gasteiger partial charge on any atom is 0.251 e. The fourth-order valence-electron chi connectivity index (χ4n) is 5.00. The minimum atomic E-state index is -0.323. The first-order valence-electron chi connectivity index (χ1n) is 9.13. The number of fused-ring (bicyclic) bond motifs is 2. The lowest BCUT2D eigenvalue weighted by atomic mass is 9.85. The number of benzene rings is 1. The molecule has 1 aromatic rings. The number of rotatable bonds is 4. The first-order valence-corrected chi connectivity index (χ1v) is 9.13. The second-order valence-electron chi connectivity index (χ2n) is 7.54. The van der Waals surface area contributed by atoms with E-state index < -0.39 is 0 Å². The molecule has 1 saturated heterocycles. The van der Waals surface area contributed by atoms with Gasteiger partial charge in [0.05, 0.1) is 5.69 Å². The van der Waals surface area contributed by atoms with E-state index in [4.69, 9.17) is 0 Å².